The van der Waals surface area contributed by atoms with Crippen LogP contribution in [0.5, 0.6) is 0 Å². The highest BCUT2D eigenvalue weighted by atomic mass is 79.9. The summed E-state index contributed by atoms with van der Waals surface area (Å²) in [5, 5.41) is 0. The van der Waals surface area contributed by atoms with Crippen molar-refractivity contribution in [3.05, 3.63) is 187 Å². The van der Waals surface area contributed by atoms with Gasteiger partial charge in [0, 0.05) is 95.2 Å². The second-order valence-electron chi connectivity index (χ2n) is 15.9. The normalized spacial score (nSPS) is 11.1. The number of allylic oxidation sites excluding steroid dienone is 2. The van der Waals surface area contributed by atoms with Gasteiger partial charge in [0.05, 0.1) is 11.1 Å². The zero-order valence-electron chi connectivity index (χ0n) is 39.3. The minimum absolute atomic E-state index is 0.0144. The number of benzene rings is 6. The van der Waals surface area contributed by atoms with E-state index in [1.54, 1.807) is 0 Å². The number of hydrogen-bond acceptors (Lipinski definition) is 4. The molecule has 0 bridgehead atoms. The molecule has 6 rings (SSSR count). The highest BCUT2D eigenvalue weighted by molar-refractivity contribution is 9.10. The molecule has 0 amide bonds. The van der Waals surface area contributed by atoms with Crippen LogP contribution in [0.3, 0.4) is 0 Å². The first kappa shape index (κ1) is 50.1. The third-order valence-electron chi connectivity index (χ3n) is 12.4. The first-order chi connectivity index (χ1) is 31.9. The Labute approximate surface area is 406 Å². The molecule has 6 aromatic rings. The van der Waals surface area contributed by atoms with Crippen molar-refractivity contribution < 1.29 is 17.6 Å². The number of hydrogen-bond donors (Lipinski definition) is 0. The van der Waals surface area contributed by atoms with Gasteiger partial charge in [-0.05, 0) is 162 Å². The van der Waals surface area contributed by atoms with Gasteiger partial charge in [0.1, 0.15) is 23.3 Å². The molecule has 0 saturated carbocycles. The topological polar surface area (TPSA) is 13.0 Å². The molecule has 0 aliphatic heterocycles. The molecule has 0 aliphatic carbocycles. The molecule has 0 unspecified atom stereocenters. The van der Waals surface area contributed by atoms with Gasteiger partial charge in [-0.3, -0.25) is 0 Å². The van der Waals surface area contributed by atoms with E-state index >= 15 is 17.6 Å². The fourth-order valence-corrected chi connectivity index (χ4v) is 9.74. The summed E-state index contributed by atoms with van der Waals surface area (Å²) in [6.45, 7) is 22.8. The van der Waals surface area contributed by atoms with Crippen LogP contribution in [-0.4, -0.2) is 52.4 Å². The van der Waals surface area contributed by atoms with E-state index in [9.17, 15) is 0 Å². The molecule has 6 aromatic carbocycles. The summed E-state index contributed by atoms with van der Waals surface area (Å²) in [4.78, 5) is 8.84. The minimum atomic E-state index is -0.905. The fourth-order valence-electron chi connectivity index (χ4n) is 8.93. The van der Waals surface area contributed by atoms with Gasteiger partial charge in [-0.15, -0.1) is 0 Å². The van der Waals surface area contributed by atoms with Crippen molar-refractivity contribution in [3.63, 3.8) is 0 Å². The second-order valence-corrected chi connectivity index (χ2v) is 17.7. The van der Waals surface area contributed by atoms with Crippen LogP contribution >= 0.6 is 31.9 Å². The zero-order valence-corrected chi connectivity index (χ0v) is 42.4. The summed E-state index contributed by atoms with van der Waals surface area (Å²) in [6, 6.07) is 36.1. The Morgan fingerprint density at radius 3 is 0.682 bits per heavy atom. The van der Waals surface area contributed by atoms with Crippen LogP contribution in [0.1, 0.15) is 88.8 Å². The largest absolute Gasteiger partial charge is 0.372 e. The molecule has 66 heavy (non-hydrogen) atoms. The summed E-state index contributed by atoms with van der Waals surface area (Å²) in [5.74, 6) is -3.62. The molecule has 0 radical (unpaired) electrons. The van der Waals surface area contributed by atoms with Crippen LogP contribution in [0.2, 0.25) is 0 Å². The number of halogens is 6. The Balaban J connectivity index is 1.94. The van der Waals surface area contributed by atoms with Crippen LogP contribution in [0.15, 0.2) is 130 Å². The average molecular weight is 1020 g/mol. The van der Waals surface area contributed by atoms with Gasteiger partial charge in [-0.25, -0.2) is 17.6 Å². The van der Waals surface area contributed by atoms with Gasteiger partial charge in [0.2, 0.25) is 0 Å². The van der Waals surface area contributed by atoms with Crippen molar-refractivity contribution in [1.29, 1.82) is 0 Å². The molecule has 0 atom stereocenters. The SMILES string of the molecule is CCN(CC)c1ccc(C(=C(C(=C(c2ccc(N(CC)CC)cc2)c2ccc(N(CC)CC)cc2)c2c(F)cc(Br)cc2F)c2c(F)cc(Br)cc2F)c2ccc(N(CC)CC)cc2)cc1. The van der Waals surface area contributed by atoms with E-state index in [4.69, 9.17) is 0 Å². The van der Waals surface area contributed by atoms with Crippen molar-refractivity contribution in [3.8, 4) is 0 Å². The molecule has 0 aliphatic rings. The fraction of sp³-hybridized carbons (Fsp3) is 0.286. The molecular formula is C56H60Br2F4N4. The lowest BCUT2D eigenvalue weighted by Crippen LogP contribution is -2.21. The van der Waals surface area contributed by atoms with Gasteiger partial charge >= 0.3 is 0 Å². The van der Waals surface area contributed by atoms with E-state index in [-0.39, 0.29) is 20.1 Å². The smallest absolute Gasteiger partial charge is 0.135 e. The number of rotatable bonds is 19. The van der Waals surface area contributed by atoms with Crippen molar-refractivity contribution in [1.82, 2.24) is 0 Å². The van der Waals surface area contributed by atoms with Gasteiger partial charge in [-0.2, -0.15) is 0 Å². The standard InChI is InChI=1S/C56H60Br2F4N4/c1-9-63(10-2)43-25-17-37(18-26-43)51(38-19-27-44(28-20-38)64(11-3)12-4)55(53-47(59)33-41(57)34-48(53)60)56(54-49(61)35-42(58)36-50(54)62)52(39-21-29-45(30-22-39)65(13-5)14-6)40-23-31-46(32-24-40)66(15-7)16-8/h17-36H,9-16H2,1-8H3. The monoisotopic (exact) mass is 1020 g/mol. The van der Waals surface area contributed by atoms with Gasteiger partial charge in [-0.1, -0.05) is 80.4 Å². The van der Waals surface area contributed by atoms with E-state index in [0.29, 0.717) is 33.4 Å². The number of nitrogens with zero attached hydrogens (tertiary/aromatic N) is 4. The summed E-state index contributed by atoms with van der Waals surface area (Å²) in [7, 11) is 0. The summed E-state index contributed by atoms with van der Waals surface area (Å²) in [5.41, 5.74) is 6.14. The predicted molar refractivity (Wildman–Crippen MR) is 280 cm³/mol. The lowest BCUT2D eigenvalue weighted by molar-refractivity contribution is 0.572. The Hall–Kier alpha value is -5.32. The summed E-state index contributed by atoms with van der Waals surface area (Å²) >= 11 is 6.64. The van der Waals surface area contributed by atoms with Crippen LogP contribution in [0.4, 0.5) is 40.3 Å². The molecule has 0 N–H and O–H groups in total. The molecule has 0 aromatic heterocycles. The Morgan fingerprint density at radius 2 is 0.515 bits per heavy atom. The van der Waals surface area contributed by atoms with Crippen molar-refractivity contribution in [2.45, 2.75) is 55.4 Å². The maximum atomic E-state index is 17.4. The second kappa shape index (κ2) is 22.9. The van der Waals surface area contributed by atoms with Crippen molar-refractivity contribution >= 4 is 76.9 Å². The molecule has 0 fully saturated rings. The van der Waals surface area contributed by atoms with Crippen LogP contribution in [0, 0.1) is 23.3 Å². The van der Waals surface area contributed by atoms with E-state index in [0.717, 1.165) is 75.1 Å². The maximum Gasteiger partial charge on any atom is 0.135 e. The Bertz CT molecular complexity index is 2280. The third kappa shape index (κ3) is 10.8. The zero-order chi connectivity index (χ0) is 47.7. The lowest BCUT2D eigenvalue weighted by atomic mass is 9.78. The predicted octanol–water partition coefficient (Wildman–Crippen LogP) is 15.8. The quantitative estimate of drug-likeness (QED) is 0.0455. The van der Waals surface area contributed by atoms with E-state index < -0.39 is 34.4 Å². The first-order valence-corrected chi connectivity index (χ1v) is 24.6. The molecular weight excluding hydrogens is 964 g/mol. The van der Waals surface area contributed by atoms with Gasteiger partial charge in [0.25, 0.3) is 0 Å². The molecule has 346 valence electrons. The molecule has 10 heteroatoms. The Kier molecular flexibility index (Phi) is 17.4. The average Bonchev–Trinajstić information content (AvgIpc) is 3.31. The summed E-state index contributed by atoms with van der Waals surface area (Å²) < 4.78 is 69.9. The molecule has 0 spiro atoms. The van der Waals surface area contributed by atoms with E-state index in [2.05, 4.69) is 107 Å². The van der Waals surface area contributed by atoms with E-state index in [1.807, 2.05) is 97.1 Å². The van der Waals surface area contributed by atoms with Crippen LogP contribution in [-0.2, 0) is 0 Å². The minimum Gasteiger partial charge on any atom is -0.372 e. The van der Waals surface area contributed by atoms with Crippen molar-refractivity contribution in [2.24, 2.45) is 0 Å². The van der Waals surface area contributed by atoms with Crippen molar-refractivity contribution in [2.75, 3.05) is 72.0 Å². The molecule has 0 heterocycles. The maximum absolute atomic E-state index is 17.4. The first-order valence-electron chi connectivity index (χ1n) is 23.1. The number of anilines is 4. The highest BCUT2D eigenvalue weighted by Crippen LogP contribution is 2.50. The van der Waals surface area contributed by atoms with Gasteiger partial charge < -0.3 is 19.6 Å². The Morgan fingerprint density at radius 1 is 0.333 bits per heavy atom. The third-order valence-corrected chi connectivity index (χ3v) is 13.3. The lowest BCUT2D eigenvalue weighted by Gasteiger charge is -2.27. The van der Waals surface area contributed by atoms with Gasteiger partial charge in [0.15, 0.2) is 0 Å². The summed E-state index contributed by atoms with van der Waals surface area (Å²) in [6.07, 6.45) is 0. The highest BCUT2D eigenvalue weighted by Gasteiger charge is 2.32. The van der Waals surface area contributed by atoms with Crippen LogP contribution in [0.25, 0.3) is 22.3 Å². The molecule has 4 nitrogen and oxygen atoms in total. The van der Waals surface area contributed by atoms with E-state index in [1.165, 1.54) is 24.3 Å². The van der Waals surface area contributed by atoms with Crippen LogP contribution < -0.4 is 19.6 Å². The molecule has 0 saturated heterocycles.